The number of aliphatic hydroxyl groups excluding tert-OH is 1. The number of halogens is 1. The fraction of sp³-hybridized carbons (Fsp3) is 0.409. The lowest BCUT2D eigenvalue weighted by Crippen LogP contribution is -2.22. The third-order valence-corrected chi connectivity index (χ3v) is 5.62. The van der Waals surface area contributed by atoms with Crippen LogP contribution in [0.25, 0.3) is 5.65 Å². The molecular weight excluding hydrogens is 436 g/mol. The zero-order valence-electron chi connectivity index (χ0n) is 16.4. The Bertz CT molecular complexity index is 969. The normalized spacial score (nSPS) is 18.2. The highest BCUT2D eigenvalue weighted by Crippen LogP contribution is 2.30. The monoisotopic (exact) mass is 460 g/mol. The molecule has 0 spiro atoms. The number of ether oxygens (including phenoxy) is 3. The lowest BCUT2D eigenvalue weighted by Gasteiger charge is -2.24. The molecule has 6 nitrogen and oxygen atoms in total. The minimum atomic E-state index is -0.864. The van der Waals surface area contributed by atoms with E-state index in [1.165, 1.54) is 0 Å². The molecule has 2 unspecified atom stereocenters. The van der Waals surface area contributed by atoms with Gasteiger partial charge in [-0.25, -0.2) is 4.98 Å². The van der Waals surface area contributed by atoms with Crippen molar-refractivity contribution in [1.29, 1.82) is 0 Å². The van der Waals surface area contributed by atoms with Gasteiger partial charge < -0.3 is 19.3 Å². The number of rotatable bonds is 7. The summed E-state index contributed by atoms with van der Waals surface area (Å²) in [6.45, 7) is 1.45. The summed E-state index contributed by atoms with van der Waals surface area (Å²) < 4.78 is 19.8. The van der Waals surface area contributed by atoms with Gasteiger partial charge in [0, 0.05) is 24.4 Å². The number of pyridine rings is 1. The van der Waals surface area contributed by atoms with E-state index in [4.69, 9.17) is 14.2 Å². The third-order valence-electron chi connectivity index (χ3n) is 5.15. The van der Waals surface area contributed by atoms with E-state index < -0.39 is 6.10 Å². The van der Waals surface area contributed by atoms with Gasteiger partial charge in [-0.05, 0) is 58.5 Å². The second-order valence-electron chi connectivity index (χ2n) is 7.16. The number of methoxy groups -OCH3 is 1. The Morgan fingerprint density at radius 1 is 1.24 bits per heavy atom. The number of fused-ring (bicyclic) bond motifs is 1. The Labute approximate surface area is 178 Å². The molecule has 1 saturated heterocycles. The molecule has 1 aliphatic rings. The maximum absolute atomic E-state index is 11.4. The van der Waals surface area contributed by atoms with Crippen molar-refractivity contribution in [3.05, 3.63) is 69.6 Å². The predicted molar refractivity (Wildman–Crippen MR) is 112 cm³/mol. The fourth-order valence-electron chi connectivity index (χ4n) is 3.72. The molecule has 4 rings (SSSR count). The molecule has 0 saturated carbocycles. The molecule has 1 fully saturated rings. The summed E-state index contributed by atoms with van der Waals surface area (Å²) in [5, 5.41) is 11.4. The van der Waals surface area contributed by atoms with Crippen molar-refractivity contribution < 1.29 is 19.3 Å². The van der Waals surface area contributed by atoms with Crippen LogP contribution in [0, 0.1) is 0 Å². The van der Waals surface area contributed by atoms with Crippen LogP contribution in [-0.4, -0.2) is 34.5 Å². The average Bonchev–Trinajstić information content (AvgIpc) is 3.10. The first kappa shape index (κ1) is 20.5. The summed E-state index contributed by atoms with van der Waals surface area (Å²) >= 11 is 3.51. The quantitative estimate of drug-likeness (QED) is 0.566. The van der Waals surface area contributed by atoms with Gasteiger partial charge >= 0.3 is 0 Å². The largest absolute Gasteiger partial charge is 0.382 e. The smallest absolute Gasteiger partial charge is 0.158 e. The molecule has 7 heteroatoms. The molecule has 29 heavy (non-hydrogen) atoms. The molecule has 0 amide bonds. The van der Waals surface area contributed by atoms with E-state index in [9.17, 15) is 5.11 Å². The Morgan fingerprint density at radius 2 is 2.10 bits per heavy atom. The SMILES string of the molecule is COCc1nc2ccc(Br)cn2c1C(O)c1ccccc1COC1CCCCO1. The molecule has 0 aliphatic carbocycles. The first-order chi connectivity index (χ1) is 14.2. The van der Waals surface area contributed by atoms with E-state index in [0.717, 1.165) is 47.1 Å². The molecule has 154 valence electrons. The molecule has 1 aliphatic heterocycles. The van der Waals surface area contributed by atoms with Crippen molar-refractivity contribution in [3.8, 4) is 0 Å². The van der Waals surface area contributed by atoms with Gasteiger partial charge in [-0.15, -0.1) is 0 Å². The maximum Gasteiger partial charge on any atom is 0.158 e. The average molecular weight is 461 g/mol. The first-order valence-electron chi connectivity index (χ1n) is 9.81. The van der Waals surface area contributed by atoms with Crippen LogP contribution in [0.4, 0.5) is 0 Å². The first-order valence-corrected chi connectivity index (χ1v) is 10.6. The maximum atomic E-state index is 11.4. The Morgan fingerprint density at radius 3 is 2.90 bits per heavy atom. The summed E-state index contributed by atoms with van der Waals surface area (Å²) in [5.41, 5.74) is 3.90. The van der Waals surface area contributed by atoms with Crippen molar-refractivity contribution >= 4 is 21.6 Å². The molecule has 1 aromatic carbocycles. The molecule has 3 heterocycles. The zero-order chi connectivity index (χ0) is 20.2. The highest BCUT2D eigenvalue weighted by atomic mass is 79.9. The van der Waals surface area contributed by atoms with Crippen molar-refractivity contribution in [2.45, 2.75) is 44.9 Å². The number of aromatic nitrogens is 2. The van der Waals surface area contributed by atoms with Crippen LogP contribution < -0.4 is 0 Å². The number of hydrogen-bond donors (Lipinski definition) is 1. The van der Waals surface area contributed by atoms with Gasteiger partial charge in [0.25, 0.3) is 0 Å². The Kier molecular flexibility index (Phi) is 6.62. The van der Waals surface area contributed by atoms with Crippen LogP contribution in [0.3, 0.4) is 0 Å². The molecule has 1 N–H and O–H groups in total. The molecule has 2 atom stereocenters. The number of aliphatic hydroxyl groups is 1. The number of hydrogen-bond acceptors (Lipinski definition) is 5. The number of imidazole rings is 1. The van der Waals surface area contributed by atoms with Crippen molar-refractivity contribution in [2.24, 2.45) is 0 Å². The molecule has 2 aromatic heterocycles. The highest BCUT2D eigenvalue weighted by Gasteiger charge is 2.24. The third kappa shape index (κ3) is 4.54. The minimum Gasteiger partial charge on any atom is -0.382 e. The number of benzene rings is 1. The van der Waals surface area contributed by atoms with Crippen LogP contribution in [0.1, 0.15) is 47.9 Å². The van der Waals surface area contributed by atoms with Gasteiger partial charge in [0.1, 0.15) is 11.8 Å². The molecule has 0 radical (unpaired) electrons. The van der Waals surface area contributed by atoms with Gasteiger partial charge in [0.2, 0.25) is 0 Å². The highest BCUT2D eigenvalue weighted by molar-refractivity contribution is 9.10. The molecular formula is C22H25BrN2O4. The number of nitrogens with zero attached hydrogens (tertiary/aromatic N) is 2. The van der Waals surface area contributed by atoms with Gasteiger partial charge in [0.05, 0.1) is 24.6 Å². The van der Waals surface area contributed by atoms with Crippen LogP contribution in [0.2, 0.25) is 0 Å². The van der Waals surface area contributed by atoms with E-state index in [0.29, 0.717) is 24.6 Å². The predicted octanol–water partition coefficient (Wildman–Crippen LogP) is 4.37. The van der Waals surface area contributed by atoms with Crippen LogP contribution >= 0.6 is 15.9 Å². The summed E-state index contributed by atoms with van der Waals surface area (Å²) in [5.74, 6) is 0. The molecule has 0 bridgehead atoms. The van der Waals surface area contributed by atoms with Crippen LogP contribution in [-0.2, 0) is 27.4 Å². The molecule has 3 aromatic rings. The second kappa shape index (κ2) is 9.36. The van der Waals surface area contributed by atoms with Gasteiger partial charge in [-0.3, -0.25) is 4.40 Å². The van der Waals surface area contributed by atoms with Crippen LogP contribution in [0.5, 0.6) is 0 Å². The van der Waals surface area contributed by atoms with E-state index >= 15 is 0 Å². The zero-order valence-corrected chi connectivity index (χ0v) is 18.0. The Balaban J connectivity index is 1.66. The van der Waals surface area contributed by atoms with Crippen LogP contribution in [0.15, 0.2) is 47.1 Å². The summed E-state index contributed by atoms with van der Waals surface area (Å²) in [7, 11) is 1.63. The lowest BCUT2D eigenvalue weighted by molar-refractivity contribution is -0.169. The van der Waals surface area contributed by atoms with Gasteiger partial charge in [-0.2, -0.15) is 0 Å². The van der Waals surface area contributed by atoms with Gasteiger partial charge in [-0.1, -0.05) is 24.3 Å². The summed E-state index contributed by atoms with van der Waals surface area (Å²) in [4.78, 5) is 4.65. The van der Waals surface area contributed by atoms with Gasteiger partial charge in [0.15, 0.2) is 6.29 Å². The second-order valence-corrected chi connectivity index (χ2v) is 8.08. The van der Waals surface area contributed by atoms with E-state index in [-0.39, 0.29) is 6.29 Å². The van der Waals surface area contributed by atoms with Crippen molar-refractivity contribution in [3.63, 3.8) is 0 Å². The van der Waals surface area contributed by atoms with Crippen molar-refractivity contribution in [2.75, 3.05) is 13.7 Å². The lowest BCUT2D eigenvalue weighted by atomic mass is 9.99. The van der Waals surface area contributed by atoms with E-state index in [1.54, 1.807) is 7.11 Å². The topological polar surface area (TPSA) is 65.2 Å². The van der Waals surface area contributed by atoms with E-state index in [2.05, 4.69) is 20.9 Å². The van der Waals surface area contributed by atoms with Crippen molar-refractivity contribution in [1.82, 2.24) is 9.38 Å². The fourth-order valence-corrected chi connectivity index (χ4v) is 4.06. The minimum absolute atomic E-state index is 0.176. The summed E-state index contributed by atoms with van der Waals surface area (Å²) in [6, 6.07) is 11.6. The van der Waals surface area contributed by atoms with E-state index in [1.807, 2.05) is 47.0 Å². The summed E-state index contributed by atoms with van der Waals surface area (Å²) in [6.07, 6.45) is 3.98. The standard InChI is InChI=1S/C22H25BrN2O4/c1-27-14-18-21(25-12-16(23)9-10-19(25)24-18)22(26)17-7-3-2-6-15(17)13-29-20-8-4-5-11-28-20/h2-3,6-7,9-10,12,20,22,26H,4-5,8,11,13-14H2,1H3. The Hall–Kier alpha value is -1.77.